The topological polar surface area (TPSA) is 53.6 Å². The highest BCUT2D eigenvalue weighted by molar-refractivity contribution is 5.75. The molecule has 2 heterocycles. The number of nitrogens with zero attached hydrogens (tertiary/aromatic N) is 1. The zero-order valence-electron chi connectivity index (χ0n) is 15.9. The molecule has 4 fully saturated rings. The van der Waals surface area contributed by atoms with Crippen LogP contribution in [0.2, 0.25) is 0 Å². The molecule has 142 valence electrons. The Morgan fingerprint density at radius 3 is 2.52 bits per heavy atom. The van der Waals surface area contributed by atoms with Crippen LogP contribution in [0.5, 0.6) is 0 Å². The molecule has 0 spiro atoms. The van der Waals surface area contributed by atoms with Gasteiger partial charge in [-0.1, -0.05) is 26.7 Å². The molecule has 0 aromatic heterocycles. The molecular formula is C20H35N3O2. The summed E-state index contributed by atoms with van der Waals surface area (Å²) in [6.07, 6.45) is 9.27. The van der Waals surface area contributed by atoms with E-state index in [0.29, 0.717) is 18.1 Å². The van der Waals surface area contributed by atoms with Gasteiger partial charge in [0.2, 0.25) is 0 Å². The van der Waals surface area contributed by atoms with Crippen molar-refractivity contribution in [2.45, 2.75) is 77.0 Å². The van der Waals surface area contributed by atoms with Crippen molar-refractivity contribution in [1.82, 2.24) is 15.5 Å². The lowest BCUT2D eigenvalue weighted by Crippen LogP contribution is -2.68. The number of carbonyl (C=O) groups is 1. The Labute approximate surface area is 152 Å². The van der Waals surface area contributed by atoms with Crippen LogP contribution >= 0.6 is 0 Å². The molecule has 2 aliphatic heterocycles. The van der Waals surface area contributed by atoms with E-state index in [9.17, 15) is 4.79 Å². The summed E-state index contributed by atoms with van der Waals surface area (Å²) < 4.78 is 5.82. The van der Waals surface area contributed by atoms with Crippen molar-refractivity contribution >= 4 is 6.03 Å². The zero-order chi connectivity index (χ0) is 17.4. The third kappa shape index (κ3) is 3.55. The molecule has 3 atom stereocenters. The minimum Gasteiger partial charge on any atom is -0.377 e. The Hall–Kier alpha value is -0.810. The highest BCUT2D eigenvalue weighted by atomic mass is 16.5. The van der Waals surface area contributed by atoms with Crippen molar-refractivity contribution in [3.63, 3.8) is 0 Å². The molecule has 0 unspecified atom stereocenters. The number of ether oxygens (including phenoxy) is 1. The first-order chi connectivity index (χ1) is 12.0. The molecule has 0 radical (unpaired) electrons. The number of urea groups is 1. The molecule has 4 aliphatic rings. The standard InChI is InChI=1S/C20H35N3O2/c1-20(2)17(16-9-12-25-18(16)20)22-19(24)21-15-7-10-23(11-8-15)13-14-5-3-4-6-14/h14-18H,3-13H2,1-2H3,(H2,21,22,24)/t16-,17+,18+/m0/s1. The molecule has 2 aliphatic carbocycles. The summed E-state index contributed by atoms with van der Waals surface area (Å²) in [7, 11) is 0. The summed E-state index contributed by atoms with van der Waals surface area (Å²) in [6.45, 7) is 8.82. The summed E-state index contributed by atoms with van der Waals surface area (Å²) >= 11 is 0. The first-order valence-electron chi connectivity index (χ1n) is 10.4. The zero-order valence-corrected chi connectivity index (χ0v) is 15.9. The third-order valence-corrected chi connectivity index (χ3v) is 7.30. The number of rotatable bonds is 4. The van der Waals surface area contributed by atoms with E-state index < -0.39 is 0 Å². The molecular weight excluding hydrogens is 314 g/mol. The van der Waals surface area contributed by atoms with Crippen molar-refractivity contribution < 1.29 is 9.53 Å². The first-order valence-corrected chi connectivity index (χ1v) is 10.4. The van der Waals surface area contributed by atoms with Crippen molar-refractivity contribution in [2.75, 3.05) is 26.2 Å². The van der Waals surface area contributed by atoms with E-state index in [2.05, 4.69) is 29.4 Å². The predicted molar refractivity (Wildman–Crippen MR) is 98.5 cm³/mol. The Morgan fingerprint density at radius 1 is 1.08 bits per heavy atom. The van der Waals surface area contributed by atoms with Gasteiger partial charge < -0.3 is 20.3 Å². The fraction of sp³-hybridized carbons (Fsp3) is 0.950. The third-order valence-electron chi connectivity index (χ3n) is 7.30. The van der Waals surface area contributed by atoms with Gasteiger partial charge in [-0.2, -0.15) is 0 Å². The summed E-state index contributed by atoms with van der Waals surface area (Å²) in [5, 5.41) is 6.48. The van der Waals surface area contributed by atoms with Crippen LogP contribution in [-0.2, 0) is 4.74 Å². The molecule has 2 saturated carbocycles. The van der Waals surface area contributed by atoms with Crippen molar-refractivity contribution in [3.05, 3.63) is 0 Å². The van der Waals surface area contributed by atoms with Gasteiger partial charge in [-0.3, -0.25) is 0 Å². The van der Waals surface area contributed by atoms with Gasteiger partial charge in [0.15, 0.2) is 0 Å². The Morgan fingerprint density at radius 2 is 1.80 bits per heavy atom. The minimum absolute atomic E-state index is 0.0256. The van der Waals surface area contributed by atoms with E-state index in [-0.39, 0.29) is 17.5 Å². The predicted octanol–water partition coefficient (Wildman–Crippen LogP) is 2.75. The van der Waals surface area contributed by atoms with Crippen molar-refractivity contribution in [2.24, 2.45) is 17.3 Å². The molecule has 5 heteroatoms. The fourth-order valence-corrected chi connectivity index (χ4v) is 5.80. The Balaban J connectivity index is 1.19. The van der Waals surface area contributed by atoms with Crippen LogP contribution in [0, 0.1) is 17.3 Å². The molecule has 4 rings (SSSR count). The van der Waals surface area contributed by atoms with Gasteiger partial charge in [-0.15, -0.1) is 0 Å². The van der Waals surface area contributed by atoms with E-state index >= 15 is 0 Å². The molecule has 2 amide bonds. The number of likely N-dealkylation sites (tertiary alicyclic amines) is 1. The summed E-state index contributed by atoms with van der Waals surface area (Å²) in [6, 6.07) is 0.610. The lowest BCUT2D eigenvalue weighted by atomic mass is 9.57. The number of nitrogens with one attached hydrogen (secondary N) is 2. The maximum absolute atomic E-state index is 12.5. The molecule has 0 aromatic carbocycles. The van der Waals surface area contributed by atoms with Gasteiger partial charge in [0.25, 0.3) is 0 Å². The average Bonchev–Trinajstić information content (AvgIpc) is 3.25. The number of fused-ring (bicyclic) bond motifs is 1. The van der Waals surface area contributed by atoms with Crippen LogP contribution in [0.3, 0.4) is 0 Å². The maximum Gasteiger partial charge on any atom is 0.315 e. The second kappa shape index (κ2) is 7.07. The molecule has 5 nitrogen and oxygen atoms in total. The quantitative estimate of drug-likeness (QED) is 0.820. The second-order valence-electron chi connectivity index (χ2n) is 9.39. The number of carbonyl (C=O) groups excluding carboxylic acids is 1. The van der Waals surface area contributed by atoms with Crippen LogP contribution < -0.4 is 10.6 Å². The van der Waals surface area contributed by atoms with Crippen LogP contribution in [0.25, 0.3) is 0 Å². The average molecular weight is 350 g/mol. The lowest BCUT2D eigenvalue weighted by Gasteiger charge is -2.54. The summed E-state index contributed by atoms with van der Waals surface area (Å²) in [5.74, 6) is 1.43. The highest BCUT2D eigenvalue weighted by Crippen LogP contribution is 2.52. The lowest BCUT2D eigenvalue weighted by molar-refractivity contribution is -0.108. The van der Waals surface area contributed by atoms with Gasteiger partial charge in [0.05, 0.1) is 6.10 Å². The molecule has 0 aromatic rings. The van der Waals surface area contributed by atoms with Crippen molar-refractivity contribution in [3.8, 4) is 0 Å². The van der Waals surface area contributed by atoms with Gasteiger partial charge in [-0.25, -0.2) is 4.79 Å². The fourth-order valence-electron chi connectivity index (χ4n) is 5.80. The first kappa shape index (κ1) is 17.6. The van der Waals surface area contributed by atoms with E-state index in [1.165, 1.54) is 32.2 Å². The molecule has 2 saturated heterocycles. The number of hydrogen-bond donors (Lipinski definition) is 2. The maximum atomic E-state index is 12.5. The van der Waals surface area contributed by atoms with Gasteiger partial charge in [0, 0.05) is 49.7 Å². The van der Waals surface area contributed by atoms with Crippen LogP contribution in [0.15, 0.2) is 0 Å². The van der Waals surface area contributed by atoms with E-state index in [4.69, 9.17) is 4.74 Å². The normalized spacial score (nSPS) is 36.0. The van der Waals surface area contributed by atoms with Gasteiger partial charge in [0.1, 0.15) is 0 Å². The summed E-state index contributed by atoms with van der Waals surface area (Å²) in [4.78, 5) is 15.1. The monoisotopic (exact) mass is 349 g/mol. The van der Waals surface area contributed by atoms with Crippen LogP contribution in [-0.4, -0.2) is 55.4 Å². The Kier molecular flexibility index (Phi) is 4.98. The Bertz CT molecular complexity index is 481. The SMILES string of the molecule is CC1(C)[C@H](NC(=O)NC2CCN(CC3CCCC3)CC2)[C@@H]2CCO[C@H]21. The van der Waals surface area contributed by atoms with Crippen molar-refractivity contribution in [1.29, 1.82) is 0 Å². The van der Waals surface area contributed by atoms with Crippen LogP contribution in [0.4, 0.5) is 4.79 Å². The number of amides is 2. The van der Waals surface area contributed by atoms with E-state index in [1.54, 1.807) is 0 Å². The van der Waals surface area contributed by atoms with Crippen LogP contribution in [0.1, 0.15) is 58.8 Å². The molecule has 25 heavy (non-hydrogen) atoms. The smallest absolute Gasteiger partial charge is 0.315 e. The highest BCUT2D eigenvalue weighted by Gasteiger charge is 2.59. The largest absolute Gasteiger partial charge is 0.377 e. The van der Waals surface area contributed by atoms with Gasteiger partial charge >= 0.3 is 6.03 Å². The number of hydrogen-bond acceptors (Lipinski definition) is 3. The van der Waals surface area contributed by atoms with E-state index in [0.717, 1.165) is 44.9 Å². The second-order valence-corrected chi connectivity index (χ2v) is 9.39. The van der Waals surface area contributed by atoms with Gasteiger partial charge in [-0.05, 0) is 38.0 Å². The molecule has 2 N–H and O–H groups in total. The van der Waals surface area contributed by atoms with E-state index in [1.807, 2.05) is 0 Å². The molecule has 0 bridgehead atoms. The number of piperidine rings is 1. The summed E-state index contributed by atoms with van der Waals surface area (Å²) in [5.41, 5.74) is 0.0587. The minimum atomic E-state index is 0.0256.